The van der Waals surface area contributed by atoms with E-state index in [1.165, 1.54) is 0 Å². The van der Waals surface area contributed by atoms with Crippen molar-refractivity contribution in [1.29, 1.82) is 0 Å². The van der Waals surface area contributed by atoms with Crippen LogP contribution < -0.4 is 10.2 Å². The molecule has 2 N–H and O–H groups in total. The standard InChI is InChI=1S/C24H17NO3.C15H12O2.C9H7NO2/c1-15-12-13-19-18(14-15)20-21(22(26)16-8-4-2-5-9-16)23(27-28-24(20)25-19)17-10-6-3-7-11-17;16-14(12-7-3-1-4-8-12)11-15(17)13-9-5-2-6-10-13;1-5-2-3-7-6(4-5)8(11)9(12)10-7/h2-14,25H,1H3;1-10H,11H2;2-4H,1H3,(H,10,11,12). The molecule has 6 aromatic carbocycles. The van der Waals surface area contributed by atoms with E-state index < -0.39 is 11.7 Å². The van der Waals surface area contributed by atoms with Crippen LogP contribution in [0, 0.1) is 13.8 Å². The molecule has 57 heavy (non-hydrogen) atoms. The summed E-state index contributed by atoms with van der Waals surface area (Å²) in [6.45, 7) is 3.91. The molecular formula is C48H36N2O7. The van der Waals surface area contributed by atoms with Crippen molar-refractivity contribution in [3.05, 3.63) is 202 Å². The average Bonchev–Trinajstić information content (AvgIpc) is 3.76. The molecule has 7 aromatic rings. The van der Waals surface area contributed by atoms with Crippen LogP contribution in [-0.2, 0) is 9.68 Å². The van der Waals surface area contributed by atoms with Gasteiger partial charge in [0.1, 0.15) is 0 Å². The van der Waals surface area contributed by atoms with Crippen LogP contribution >= 0.6 is 0 Å². The van der Waals surface area contributed by atoms with Gasteiger partial charge in [-0.1, -0.05) is 145 Å². The first-order valence-corrected chi connectivity index (χ1v) is 18.2. The Balaban J connectivity index is 0.000000145. The monoisotopic (exact) mass is 752 g/mol. The molecule has 1 aromatic heterocycles. The fourth-order valence-electron chi connectivity index (χ4n) is 6.42. The summed E-state index contributed by atoms with van der Waals surface area (Å²) in [5.74, 6) is -0.487. The maximum atomic E-state index is 13.6. The van der Waals surface area contributed by atoms with E-state index in [0.29, 0.717) is 45.2 Å². The summed E-state index contributed by atoms with van der Waals surface area (Å²) >= 11 is 0. The van der Waals surface area contributed by atoms with Crippen molar-refractivity contribution in [3.63, 3.8) is 0 Å². The molecule has 9 heteroatoms. The predicted octanol–water partition coefficient (Wildman–Crippen LogP) is 9.82. The zero-order valence-corrected chi connectivity index (χ0v) is 31.1. The molecule has 0 radical (unpaired) electrons. The Morgan fingerprint density at radius 3 is 1.70 bits per heavy atom. The molecule has 0 aliphatic carbocycles. The van der Waals surface area contributed by atoms with E-state index in [-0.39, 0.29) is 23.8 Å². The molecule has 0 spiro atoms. The fourth-order valence-corrected chi connectivity index (χ4v) is 6.42. The average molecular weight is 753 g/mol. The molecule has 0 saturated heterocycles. The van der Waals surface area contributed by atoms with Crippen LogP contribution in [0.3, 0.4) is 0 Å². The smallest absolute Gasteiger partial charge is 0.296 e. The molecule has 0 atom stereocenters. The molecule has 2 aliphatic rings. The topological polar surface area (TPSA) is 132 Å². The van der Waals surface area contributed by atoms with Crippen LogP contribution in [0.5, 0.6) is 5.88 Å². The number of nitrogens with one attached hydrogen (secondary N) is 2. The molecule has 9 nitrogen and oxygen atoms in total. The summed E-state index contributed by atoms with van der Waals surface area (Å²) in [5, 5.41) is 3.42. The van der Waals surface area contributed by atoms with E-state index in [1.54, 1.807) is 60.7 Å². The third-order valence-corrected chi connectivity index (χ3v) is 9.29. The van der Waals surface area contributed by atoms with Crippen molar-refractivity contribution in [2.75, 3.05) is 5.32 Å². The van der Waals surface area contributed by atoms with Gasteiger partial charge in [-0.3, -0.25) is 33.7 Å². The first kappa shape index (κ1) is 37.7. The lowest BCUT2D eigenvalue weighted by Crippen LogP contribution is -2.14. The molecule has 0 fully saturated rings. The van der Waals surface area contributed by atoms with Crippen LogP contribution in [0.15, 0.2) is 158 Å². The minimum absolute atomic E-state index is 0.0754. The Morgan fingerprint density at radius 1 is 0.579 bits per heavy atom. The van der Waals surface area contributed by atoms with Gasteiger partial charge in [-0.05, 0) is 38.1 Å². The number of hydrogen-bond acceptors (Lipinski definition) is 7. The maximum Gasteiger partial charge on any atom is 0.296 e. The van der Waals surface area contributed by atoms with Crippen molar-refractivity contribution in [2.45, 2.75) is 20.3 Å². The minimum Gasteiger partial charge on any atom is -0.321 e. The van der Waals surface area contributed by atoms with E-state index in [2.05, 4.69) is 16.4 Å². The Labute approximate surface area is 328 Å². The van der Waals surface area contributed by atoms with Crippen LogP contribution in [0.4, 0.5) is 5.69 Å². The second-order valence-electron chi connectivity index (χ2n) is 13.4. The Kier molecular flexibility index (Phi) is 11.1. The van der Waals surface area contributed by atoms with Gasteiger partial charge in [0.05, 0.1) is 28.8 Å². The molecule has 0 saturated carbocycles. The number of aryl methyl sites for hydroxylation is 2. The molecule has 1 amide bonds. The van der Waals surface area contributed by atoms with Gasteiger partial charge < -0.3 is 10.3 Å². The summed E-state index contributed by atoms with van der Waals surface area (Å²) in [6.07, 6.45) is -0.0754. The third kappa shape index (κ3) is 8.38. The number of aromatic nitrogens is 1. The van der Waals surface area contributed by atoms with Gasteiger partial charge in [0.2, 0.25) is 0 Å². The van der Waals surface area contributed by atoms with E-state index >= 15 is 0 Å². The van der Waals surface area contributed by atoms with E-state index in [9.17, 15) is 24.0 Å². The van der Waals surface area contributed by atoms with Crippen LogP contribution in [0.1, 0.15) is 70.1 Å². The molecule has 0 bridgehead atoms. The van der Waals surface area contributed by atoms with Gasteiger partial charge >= 0.3 is 0 Å². The van der Waals surface area contributed by atoms with Crippen LogP contribution in [0.25, 0.3) is 22.2 Å². The van der Waals surface area contributed by atoms with Gasteiger partial charge in [-0.2, -0.15) is 0 Å². The third-order valence-electron chi connectivity index (χ3n) is 9.29. The summed E-state index contributed by atoms with van der Waals surface area (Å²) in [4.78, 5) is 73.6. The minimum atomic E-state index is -0.532. The second kappa shape index (κ2) is 16.8. The summed E-state index contributed by atoms with van der Waals surface area (Å²) < 4.78 is 0. The molecule has 0 unspecified atom stereocenters. The van der Waals surface area contributed by atoms with Gasteiger partial charge in [0.25, 0.3) is 17.6 Å². The number of carbonyl (C=O) groups excluding carboxylic acids is 5. The Morgan fingerprint density at radius 2 is 1.11 bits per heavy atom. The molecule has 3 heterocycles. The van der Waals surface area contributed by atoms with Gasteiger partial charge in [0, 0.05) is 33.2 Å². The van der Waals surface area contributed by atoms with Crippen molar-refractivity contribution in [1.82, 2.24) is 4.98 Å². The lowest BCUT2D eigenvalue weighted by atomic mass is 9.92. The zero-order valence-electron chi connectivity index (χ0n) is 31.1. The molecule has 2 aliphatic heterocycles. The Bertz CT molecular complexity index is 2620. The quantitative estimate of drug-likeness (QED) is 0.0717. The highest BCUT2D eigenvalue weighted by atomic mass is 17.2. The van der Waals surface area contributed by atoms with E-state index in [0.717, 1.165) is 33.2 Å². The first-order chi connectivity index (χ1) is 27.7. The fraction of sp³-hybridized carbons (Fsp3) is 0.0625. The first-order valence-electron chi connectivity index (χ1n) is 18.2. The van der Waals surface area contributed by atoms with E-state index in [1.807, 2.05) is 105 Å². The number of benzene rings is 6. The molecule has 280 valence electrons. The summed E-state index contributed by atoms with van der Waals surface area (Å²) in [7, 11) is 0. The zero-order chi connectivity index (χ0) is 39.9. The number of ketones is 4. The highest BCUT2D eigenvalue weighted by Crippen LogP contribution is 2.43. The van der Waals surface area contributed by atoms with Gasteiger partial charge in [-0.15, -0.1) is 0 Å². The normalized spacial score (nSPS) is 12.4. The molecule has 9 rings (SSSR count). The maximum absolute atomic E-state index is 13.6. The Hall–Kier alpha value is -7.65. The number of carbonyl (C=O) groups is 5. The number of hydrogen-bond donors (Lipinski definition) is 2. The number of amides is 1. The number of anilines is 1. The van der Waals surface area contributed by atoms with Crippen molar-refractivity contribution in [3.8, 4) is 5.88 Å². The predicted molar refractivity (Wildman–Crippen MR) is 219 cm³/mol. The van der Waals surface area contributed by atoms with E-state index in [4.69, 9.17) is 9.78 Å². The van der Waals surface area contributed by atoms with Crippen molar-refractivity contribution < 1.29 is 33.7 Å². The van der Waals surface area contributed by atoms with Crippen molar-refractivity contribution in [2.24, 2.45) is 0 Å². The lowest BCUT2D eigenvalue weighted by Gasteiger charge is -2.20. The lowest BCUT2D eigenvalue weighted by molar-refractivity contribution is -0.138. The number of fused-ring (bicyclic) bond motifs is 4. The van der Waals surface area contributed by atoms with Gasteiger partial charge in [0.15, 0.2) is 23.1 Å². The number of Topliss-reactive ketones (excluding diaryl/α,β-unsaturated/α-hetero) is 4. The highest BCUT2D eigenvalue weighted by molar-refractivity contribution is 6.51. The number of H-pyrrole nitrogens is 1. The largest absolute Gasteiger partial charge is 0.321 e. The summed E-state index contributed by atoms with van der Waals surface area (Å²) in [5.41, 5.74) is 7.87. The number of rotatable bonds is 7. The summed E-state index contributed by atoms with van der Waals surface area (Å²) in [6, 6.07) is 47.9. The van der Waals surface area contributed by atoms with Gasteiger partial charge in [-0.25, -0.2) is 0 Å². The SMILES string of the molecule is Cc1ccc2[nH]c3c(c2c1)C(C(=O)c1ccccc1)=C(c1ccccc1)OO3.Cc1ccc2c(c1)C(=O)C(=O)N2.O=C(CC(=O)c1ccccc1)c1ccccc1. The molecular weight excluding hydrogens is 717 g/mol. The van der Waals surface area contributed by atoms with Crippen LogP contribution in [0.2, 0.25) is 0 Å². The number of aromatic amines is 1. The van der Waals surface area contributed by atoms with Crippen molar-refractivity contribution >= 4 is 57.0 Å². The number of allylic oxidation sites excluding steroid dienone is 1. The highest BCUT2D eigenvalue weighted by Gasteiger charge is 2.33. The van der Waals surface area contributed by atoms with Crippen LogP contribution in [-0.4, -0.2) is 34.0 Å². The second-order valence-corrected chi connectivity index (χ2v) is 13.4.